The number of hydrogen-bond acceptors (Lipinski definition) is 3. The quantitative estimate of drug-likeness (QED) is 0.766. The highest BCUT2D eigenvalue weighted by Crippen LogP contribution is 2.07. The highest BCUT2D eigenvalue weighted by atomic mass is 16.4. The minimum absolute atomic E-state index is 0.165. The lowest BCUT2D eigenvalue weighted by Gasteiger charge is -2.33. The second-order valence-corrected chi connectivity index (χ2v) is 4.17. The SMILES string of the molecule is O=C(O)CN1CCN(Cc2cc[nH]c2)CC1. The van der Waals surface area contributed by atoms with Crippen molar-refractivity contribution in [2.75, 3.05) is 32.7 Å². The van der Waals surface area contributed by atoms with Gasteiger partial charge in [0.25, 0.3) is 0 Å². The van der Waals surface area contributed by atoms with E-state index in [1.54, 1.807) is 0 Å². The van der Waals surface area contributed by atoms with Crippen LogP contribution in [-0.4, -0.2) is 58.6 Å². The van der Waals surface area contributed by atoms with Crippen LogP contribution in [0.2, 0.25) is 0 Å². The maximum absolute atomic E-state index is 10.5. The van der Waals surface area contributed by atoms with Gasteiger partial charge in [-0.2, -0.15) is 0 Å². The predicted octanol–water partition coefficient (Wildman–Crippen LogP) is 0.217. The summed E-state index contributed by atoms with van der Waals surface area (Å²) in [6.07, 6.45) is 3.93. The first-order valence-electron chi connectivity index (χ1n) is 5.52. The molecule has 0 atom stereocenters. The van der Waals surface area contributed by atoms with Crippen molar-refractivity contribution in [3.63, 3.8) is 0 Å². The van der Waals surface area contributed by atoms with Gasteiger partial charge in [0.1, 0.15) is 0 Å². The molecule has 1 saturated heterocycles. The van der Waals surface area contributed by atoms with Crippen LogP contribution in [0.5, 0.6) is 0 Å². The molecule has 0 amide bonds. The molecule has 2 N–H and O–H groups in total. The fourth-order valence-corrected chi connectivity index (χ4v) is 2.01. The Morgan fingerprint density at radius 1 is 1.31 bits per heavy atom. The molecule has 1 aliphatic rings. The van der Waals surface area contributed by atoms with Crippen molar-refractivity contribution in [2.45, 2.75) is 6.54 Å². The van der Waals surface area contributed by atoms with Crippen LogP contribution < -0.4 is 0 Å². The minimum Gasteiger partial charge on any atom is -0.480 e. The van der Waals surface area contributed by atoms with Crippen molar-refractivity contribution in [1.29, 1.82) is 0 Å². The van der Waals surface area contributed by atoms with Crippen LogP contribution in [-0.2, 0) is 11.3 Å². The number of aromatic amines is 1. The maximum atomic E-state index is 10.5. The number of carboxylic acids is 1. The number of H-pyrrole nitrogens is 1. The zero-order chi connectivity index (χ0) is 11.4. The highest BCUT2D eigenvalue weighted by molar-refractivity contribution is 5.69. The molecular formula is C11H17N3O2. The molecule has 2 rings (SSSR count). The number of piperazine rings is 1. The predicted molar refractivity (Wildman–Crippen MR) is 60.1 cm³/mol. The van der Waals surface area contributed by atoms with Crippen LogP contribution in [0.1, 0.15) is 5.56 Å². The van der Waals surface area contributed by atoms with Gasteiger partial charge in [-0.25, -0.2) is 0 Å². The summed E-state index contributed by atoms with van der Waals surface area (Å²) in [5.74, 6) is -0.737. The second-order valence-electron chi connectivity index (χ2n) is 4.17. The Labute approximate surface area is 94.7 Å². The fraction of sp³-hybridized carbons (Fsp3) is 0.545. The number of aromatic nitrogens is 1. The summed E-state index contributed by atoms with van der Waals surface area (Å²) < 4.78 is 0. The van der Waals surface area contributed by atoms with Gasteiger partial charge in [0.15, 0.2) is 0 Å². The van der Waals surface area contributed by atoms with Gasteiger partial charge in [0, 0.05) is 45.1 Å². The van der Waals surface area contributed by atoms with E-state index in [2.05, 4.69) is 16.0 Å². The lowest BCUT2D eigenvalue weighted by Crippen LogP contribution is -2.47. The van der Waals surface area contributed by atoms with Crippen molar-refractivity contribution in [3.05, 3.63) is 24.0 Å². The molecule has 0 unspecified atom stereocenters. The Bertz CT molecular complexity index is 329. The van der Waals surface area contributed by atoms with Crippen molar-refractivity contribution >= 4 is 5.97 Å². The number of carboxylic acid groups (broad SMARTS) is 1. The van der Waals surface area contributed by atoms with E-state index in [4.69, 9.17) is 5.11 Å². The summed E-state index contributed by atoms with van der Waals surface area (Å²) in [5, 5.41) is 8.68. The van der Waals surface area contributed by atoms with Crippen LogP contribution in [0.4, 0.5) is 0 Å². The van der Waals surface area contributed by atoms with Gasteiger partial charge in [0.05, 0.1) is 6.54 Å². The average Bonchev–Trinajstić information content (AvgIpc) is 2.73. The normalized spacial score (nSPS) is 18.8. The lowest BCUT2D eigenvalue weighted by atomic mass is 10.2. The van der Waals surface area contributed by atoms with Gasteiger partial charge in [-0.15, -0.1) is 0 Å². The van der Waals surface area contributed by atoms with Gasteiger partial charge < -0.3 is 10.1 Å². The summed E-state index contributed by atoms with van der Waals surface area (Å²) in [6.45, 7) is 4.69. The maximum Gasteiger partial charge on any atom is 0.317 e. The molecule has 0 aromatic carbocycles. The molecule has 0 radical (unpaired) electrons. The molecule has 5 heteroatoms. The van der Waals surface area contributed by atoms with Gasteiger partial charge in [0.2, 0.25) is 0 Å². The summed E-state index contributed by atoms with van der Waals surface area (Å²) in [7, 11) is 0. The van der Waals surface area contributed by atoms with Crippen LogP contribution in [0.15, 0.2) is 18.5 Å². The van der Waals surface area contributed by atoms with Gasteiger partial charge in [-0.1, -0.05) is 0 Å². The molecule has 16 heavy (non-hydrogen) atoms. The summed E-state index contributed by atoms with van der Waals surface area (Å²) in [4.78, 5) is 17.9. The zero-order valence-electron chi connectivity index (χ0n) is 9.22. The third-order valence-corrected chi connectivity index (χ3v) is 2.89. The number of hydrogen-bond donors (Lipinski definition) is 2. The van der Waals surface area contributed by atoms with Gasteiger partial charge in [-0.3, -0.25) is 14.6 Å². The topological polar surface area (TPSA) is 59.6 Å². The molecule has 2 heterocycles. The highest BCUT2D eigenvalue weighted by Gasteiger charge is 2.18. The number of nitrogens with zero attached hydrogens (tertiary/aromatic N) is 2. The van der Waals surface area contributed by atoms with E-state index in [1.165, 1.54) is 5.56 Å². The van der Waals surface area contributed by atoms with E-state index in [1.807, 2.05) is 17.3 Å². The molecule has 1 aromatic rings. The standard InChI is InChI=1S/C11H17N3O2/c15-11(16)9-14-5-3-13(4-6-14)8-10-1-2-12-7-10/h1-2,7,12H,3-6,8-9H2,(H,15,16). The van der Waals surface area contributed by atoms with E-state index in [9.17, 15) is 4.79 Å². The Hall–Kier alpha value is -1.33. The summed E-state index contributed by atoms with van der Waals surface area (Å²) >= 11 is 0. The van der Waals surface area contributed by atoms with E-state index in [0.29, 0.717) is 0 Å². The third kappa shape index (κ3) is 3.08. The first-order valence-corrected chi connectivity index (χ1v) is 5.52. The van der Waals surface area contributed by atoms with Crippen LogP contribution in [0, 0.1) is 0 Å². The molecular weight excluding hydrogens is 206 g/mol. The second kappa shape index (κ2) is 5.14. The lowest BCUT2D eigenvalue weighted by molar-refractivity contribution is -0.138. The molecule has 0 spiro atoms. The largest absolute Gasteiger partial charge is 0.480 e. The number of rotatable bonds is 4. The molecule has 5 nitrogen and oxygen atoms in total. The van der Waals surface area contributed by atoms with E-state index in [-0.39, 0.29) is 6.54 Å². The van der Waals surface area contributed by atoms with Gasteiger partial charge in [-0.05, 0) is 11.6 Å². The first kappa shape index (κ1) is 11.2. The Kier molecular flexibility index (Phi) is 3.58. The van der Waals surface area contributed by atoms with E-state index < -0.39 is 5.97 Å². The number of aliphatic carboxylic acids is 1. The Balaban J connectivity index is 1.75. The Morgan fingerprint density at radius 2 is 2.00 bits per heavy atom. The minimum atomic E-state index is -0.737. The van der Waals surface area contributed by atoms with Crippen LogP contribution in [0.3, 0.4) is 0 Å². The van der Waals surface area contributed by atoms with Crippen molar-refractivity contribution in [3.8, 4) is 0 Å². The van der Waals surface area contributed by atoms with E-state index >= 15 is 0 Å². The molecule has 0 aliphatic carbocycles. The monoisotopic (exact) mass is 223 g/mol. The average molecular weight is 223 g/mol. The molecule has 0 bridgehead atoms. The summed E-state index contributed by atoms with van der Waals surface area (Å²) in [6, 6.07) is 2.07. The van der Waals surface area contributed by atoms with Crippen molar-refractivity contribution < 1.29 is 9.90 Å². The molecule has 1 aromatic heterocycles. The third-order valence-electron chi connectivity index (χ3n) is 2.89. The molecule has 0 saturated carbocycles. The number of carbonyl (C=O) groups is 1. The molecule has 1 fully saturated rings. The summed E-state index contributed by atoms with van der Waals surface area (Å²) in [5.41, 5.74) is 1.28. The smallest absolute Gasteiger partial charge is 0.317 e. The van der Waals surface area contributed by atoms with E-state index in [0.717, 1.165) is 32.7 Å². The number of nitrogens with one attached hydrogen (secondary N) is 1. The van der Waals surface area contributed by atoms with Crippen LogP contribution >= 0.6 is 0 Å². The Morgan fingerprint density at radius 3 is 2.56 bits per heavy atom. The molecule has 88 valence electrons. The van der Waals surface area contributed by atoms with Crippen LogP contribution in [0.25, 0.3) is 0 Å². The fourth-order valence-electron chi connectivity index (χ4n) is 2.01. The van der Waals surface area contributed by atoms with Crippen molar-refractivity contribution in [2.24, 2.45) is 0 Å². The zero-order valence-corrected chi connectivity index (χ0v) is 9.22. The first-order chi connectivity index (χ1) is 7.74. The van der Waals surface area contributed by atoms with Gasteiger partial charge >= 0.3 is 5.97 Å². The van der Waals surface area contributed by atoms with Crippen molar-refractivity contribution in [1.82, 2.24) is 14.8 Å². The molecule has 1 aliphatic heterocycles.